The first kappa shape index (κ1) is 16.7. The molecule has 0 spiro atoms. The van der Waals surface area contributed by atoms with Gasteiger partial charge in [0.2, 0.25) is 5.91 Å². The summed E-state index contributed by atoms with van der Waals surface area (Å²) < 4.78 is 52.6. The number of para-hydroxylation sites is 1. The van der Waals surface area contributed by atoms with Gasteiger partial charge in [0.05, 0.1) is 11.3 Å². The van der Waals surface area contributed by atoms with Gasteiger partial charge in [0.25, 0.3) is 5.56 Å². The lowest BCUT2D eigenvalue weighted by atomic mass is 10.1. The molecule has 0 radical (unpaired) electrons. The lowest BCUT2D eigenvalue weighted by molar-refractivity contribution is -0.137. The third-order valence-corrected chi connectivity index (χ3v) is 3.19. The molecule has 1 heterocycles. The number of halogens is 4. The van der Waals surface area contributed by atoms with Gasteiger partial charge in [0.15, 0.2) is 0 Å². The molecule has 1 atom stereocenters. The van der Waals surface area contributed by atoms with Crippen LogP contribution < -0.4 is 10.9 Å². The Morgan fingerprint density at radius 3 is 2.48 bits per heavy atom. The van der Waals surface area contributed by atoms with Gasteiger partial charge < -0.3 is 9.88 Å². The maximum atomic E-state index is 13.2. The predicted molar refractivity (Wildman–Crippen MR) is 75.4 cm³/mol. The van der Waals surface area contributed by atoms with Gasteiger partial charge in [-0.3, -0.25) is 9.59 Å². The maximum Gasteiger partial charge on any atom is 0.418 e. The van der Waals surface area contributed by atoms with Crippen molar-refractivity contribution in [2.75, 3.05) is 5.32 Å². The number of anilines is 1. The molecule has 2 aromatic rings. The number of alkyl halides is 3. The van der Waals surface area contributed by atoms with Crippen LogP contribution >= 0.6 is 0 Å². The van der Waals surface area contributed by atoms with E-state index in [1.165, 1.54) is 19.1 Å². The van der Waals surface area contributed by atoms with Gasteiger partial charge in [-0.2, -0.15) is 13.2 Å². The second kappa shape index (κ2) is 6.23. The van der Waals surface area contributed by atoms with Crippen molar-refractivity contribution >= 4 is 11.6 Å². The highest BCUT2D eigenvalue weighted by Gasteiger charge is 2.34. The van der Waals surface area contributed by atoms with Crippen molar-refractivity contribution in [3.05, 3.63) is 64.3 Å². The number of rotatable bonds is 3. The summed E-state index contributed by atoms with van der Waals surface area (Å²) in [5.41, 5.74) is -2.08. The molecule has 23 heavy (non-hydrogen) atoms. The van der Waals surface area contributed by atoms with E-state index in [0.29, 0.717) is 0 Å². The average Bonchev–Trinajstić information content (AvgIpc) is 2.48. The smallest absolute Gasteiger partial charge is 0.324 e. The third-order valence-electron chi connectivity index (χ3n) is 3.19. The highest BCUT2D eigenvalue weighted by atomic mass is 19.4. The molecule has 0 aliphatic heterocycles. The van der Waals surface area contributed by atoms with E-state index in [9.17, 15) is 27.2 Å². The Morgan fingerprint density at radius 1 is 1.17 bits per heavy atom. The van der Waals surface area contributed by atoms with E-state index in [-0.39, 0.29) is 0 Å². The standard InChI is InChI=1S/C15H12F4N2O2/c1-9(21-8-10(16)6-7-13(21)22)14(23)20-12-5-3-2-4-11(12)15(17,18)19/h2-9H,1H3,(H,20,23). The molecule has 0 bridgehead atoms. The minimum absolute atomic E-state index is 0.429. The van der Waals surface area contributed by atoms with Crippen LogP contribution in [0.3, 0.4) is 0 Å². The van der Waals surface area contributed by atoms with Crippen molar-refractivity contribution in [2.45, 2.75) is 19.1 Å². The predicted octanol–water partition coefficient (Wildman–Crippen LogP) is 3.21. The number of aromatic nitrogens is 1. The Labute approximate surface area is 128 Å². The first-order valence-electron chi connectivity index (χ1n) is 6.55. The quantitative estimate of drug-likeness (QED) is 0.880. The van der Waals surface area contributed by atoms with Crippen molar-refractivity contribution in [1.29, 1.82) is 0 Å². The molecule has 122 valence electrons. The van der Waals surface area contributed by atoms with E-state index in [1.54, 1.807) is 0 Å². The monoisotopic (exact) mass is 328 g/mol. The summed E-state index contributed by atoms with van der Waals surface area (Å²) >= 11 is 0. The van der Waals surface area contributed by atoms with E-state index in [2.05, 4.69) is 5.32 Å². The fourth-order valence-corrected chi connectivity index (χ4v) is 1.98. The number of pyridine rings is 1. The molecule has 1 amide bonds. The van der Waals surface area contributed by atoms with E-state index in [0.717, 1.165) is 35.0 Å². The summed E-state index contributed by atoms with van der Waals surface area (Å²) in [7, 11) is 0. The summed E-state index contributed by atoms with van der Waals surface area (Å²) in [6, 6.07) is 5.14. The van der Waals surface area contributed by atoms with Gasteiger partial charge in [-0.1, -0.05) is 12.1 Å². The molecule has 2 rings (SSSR count). The van der Waals surface area contributed by atoms with Gasteiger partial charge in [0.1, 0.15) is 11.9 Å². The van der Waals surface area contributed by atoms with Crippen LogP contribution in [0.5, 0.6) is 0 Å². The highest BCUT2D eigenvalue weighted by Crippen LogP contribution is 2.34. The van der Waals surface area contributed by atoms with Crippen LogP contribution in [0, 0.1) is 5.82 Å². The van der Waals surface area contributed by atoms with Gasteiger partial charge >= 0.3 is 6.18 Å². The van der Waals surface area contributed by atoms with Crippen molar-refractivity contribution < 1.29 is 22.4 Å². The van der Waals surface area contributed by atoms with Crippen molar-refractivity contribution in [2.24, 2.45) is 0 Å². The summed E-state index contributed by atoms with van der Waals surface area (Å²) in [5.74, 6) is -1.60. The van der Waals surface area contributed by atoms with E-state index < -0.39 is 40.8 Å². The molecular formula is C15H12F4N2O2. The summed E-state index contributed by atoms with van der Waals surface area (Å²) in [6.45, 7) is 1.28. The Morgan fingerprint density at radius 2 is 1.83 bits per heavy atom. The van der Waals surface area contributed by atoms with Crippen LogP contribution in [-0.2, 0) is 11.0 Å². The number of hydrogen-bond acceptors (Lipinski definition) is 2. The van der Waals surface area contributed by atoms with Crippen LogP contribution in [0.15, 0.2) is 47.4 Å². The molecule has 0 saturated carbocycles. The first-order chi connectivity index (χ1) is 10.7. The fourth-order valence-electron chi connectivity index (χ4n) is 1.98. The topological polar surface area (TPSA) is 51.1 Å². The van der Waals surface area contributed by atoms with Gasteiger partial charge in [-0.15, -0.1) is 0 Å². The lowest BCUT2D eigenvalue weighted by Crippen LogP contribution is -2.31. The zero-order valence-electron chi connectivity index (χ0n) is 11.9. The summed E-state index contributed by atoms with van der Waals surface area (Å²) in [4.78, 5) is 23.7. The minimum Gasteiger partial charge on any atom is -0.324 e. The molecule has 1 aromatic heterocycles. The summed E-state index contributed by atoms with van der Waals surface area (Å²) in [5, 5.41) is 2.12. The summed E-state index contributed by atoms with van der Waals surface area (Å²) in [6.07, 6.45) is -3.81. The number of benzene rings is 1. The van der Waals surface area contributed by atoms with Crippen LogP contribution in [0.25, 0.3) is 0 Å². The number of carbonyl (C=O) groups excluding carboxylic acids is 1. The van der Waals surface area contributed by atoms with Crippen molar-refractivity contribution in [3.8, 4) is 0 Å². The molecule has 0 aliphatic rings. The van der Waals surface area contributed by atoms with Gasteiger partial charge in [-0.25, -0.2) is 4.39 Å². The van der Waals surface area contributed by atoms with Gasteiger partial charge in [0, 0.05) is 12.3 Å². The van der Waals surface area contributed by atoms with Crippen LogP contribution in [0.2, 0.25) is 0 Å². The molecule has 1 aromatic carbocycles. The normalized spacial score (nSPS) is 12.7. The van der Waals surface area contributed by atoms with Crippen LogP contribution in [0.1, 0.15) is 18.5 Å². The van der Waals surface area contributed by atoms with Gasteiger partial charge in [-0.05, 0) is 25.1 Å². The van der Waals surface area contributed by atoms with E-state index in [4.69, 9.17) is 0 Å². The maximum absolute atomic E-state index is 13.2. The first-order valence-corrected chi connectivity index (χ1v) is 6.55. The molecule has 0 aliphatic carbocycles. The molecule has 4 nitrogen and oxygen atoms in total. The average molecular weight is 328 g/mol. The van der Waals surface area contributed by atoms with Crippen LogP contribution in [0.4, 0.5) is 23.2 Å². The lowest BCUT2D eigenvalue weighted by Gasteiger charge is -2.17. The second-order valence-corrected chi connectivity index (χ2v) is 4.80. The second-order valence-electron chi connectivity index (χ2n) is 4.80. The number of hydrogen-bond donors (Lipinski definition) is 1. The Bertz CT molecular complexity index is 784. The SMILES string of the molecule is CC(C(=O)Nc1ccccc1C(F)(F)F)n1cc(F)ccc1=O. The van der Waals surface area contributed by atoms with Crippen molar-refractivity contribution in [3.63, 3.8) is 0 Å². The molecule has 1 unspecified atom stereocenters. The Balaban J connectivity index is 2.30. The fraction of sp³-hybridized carbons (Fsp3) is 0.200. The Hall–Kier alpha value is -2.64. The van der Waals surface area contributed by atoms with E-state index >= 15 is 0 Å². The number of carbonyl (C=O) groups is 1. The Kier molecular flexibility index (Phi) is 4.53. The van der Waals surface area contributed by atoms with Crippen molar-refractivity contribution in [1.82, 2.24) is 4.57 Å². The molecule has 0 fully saturated rings. The highest BCUT2D eigenvalue weighted by molar-refractivity contribution is 5.94. The molecule has 1 N–H and O–H groups in total. The number of nitrogens with zero attached hydrogens (tertiary/aromatic N) is 1. The van der Waals surface area contributed by atoms with Crippen LogP contribution in [-0.4, -0.2) is 10.5 Å². The third kappa shape index (κ3) is 3.77. The molecular weight excluding hydrogens is 316 g/mol. The number of nitrogens with one attached hydrogen (secondary N) is 1. The van der Waals surface area contributed by atoms with E-state index in [1.807, 2.05) is 0 Å². The number of amides is 1. The minimum atomic E-state index is -4.64. The molecule has 8 heteroatoms. The molecule has 0 saturated heterocycles. The zero-order valence-corrected chi connectivity index (χ0v) is 11.9. The largest absolute Gasteiger partial charge is 0.418 e. The zero-order chi connectivity index (χ0) is 17.2.